The van der Waals surface area contributed by atoms with E-state index in [0.29, 0.717) is 0 Å². The maximum absolute atomic E-state index is 11.1. The highest BCUT2D eigenvalue weighted by Crippen LogP contribution is 2.23. The third-order valence-corrected chi connectivity index (χ3v) is 3.99. The summed E-state index contributed by atoms with van der Waals surface area (Å²) in [5.74, 6) is 0.187. The third-order valence-electron chi connectivity index (χ3n) is 3.99. The van der Waals surface area contributed by atoms with Crippen LogP contribution in [0.1, 0.15) is 40.8 Å². The second-order valence-corrected chi connectivity index (χ2v) is 5.59. The van der Waals surface area contributed by atoms with E-state index >= 15 is 0 Å². The normalized spacial score (nSPS) is 18.5. The molecule has 8 heteroatoms. The Kier molecular flexibility index (Phi) is 3.74. The average Bonchev–Trinajstić information content (AvgIpc) is 3.00. The van der Waals surface area contributed by atoms with Crippen LogP contribution in [-0.4, -0.2) is 43.7 Å². The number of primary amides is 1. The zero-order chi connectivity index (χ0) is 15.7. The molecule has 0 unspecified atom stereocenters. The van der Waals surface area contributed by atoms with Crippen LogP contribution in [0.4, 0.5) is 5.95 Å². The first-order chi connectivity index (χ1) is 10.5. The Labute approximate surface area is 128 Å². The SMILES string of the molecule is Cc1cnc(N2CCC[C@H](n3cnc(C(N)=O)n3)C2)nc1C. The van der Waals surface area contributed by atoms with Crippen molar-refractivity contribution in [2.75, 3.05) is 18.0 Å². The molecule has 1 aliphatic heterocycles. The average molecular weight is 301 g/mol. The molecule has 3 rings (SSSR count). The van der Waals surface area contributed by atoms with Gasteiger partial charge in [-0.05, 0) is 32.3 Å². The number of aromatic nitrogens is 5. The molecule has 0 saturated carbocycles. The molecule has 1 fully saturated rings. The predicted octanol–water partition coefficient (Wildman–Crippen LogP) is 0.625. The summed E-state index contributed by atoms with van der Waals surface area (Å²) in [7, 11) is 0. The van der Waals surface area contributed by atoms with Gasteiger partial charge in [0.05, 0.1) is 6.04 Å². The first-order valence-corrected chi connectivity index (χ1v) is 7.30. The lowest BCUT2D eigenvalue weighted by molar-refractivity contribution is 0.0990. The summed E-state index contributed by atoms with van der Waals surface area (Å²) in [6, 6.07) is 0.138. The summed E-state index contributed by atoms with van der Waals surface area (Å²) < 4.78 is 1.72. The van der Waals surface area contributed by atoms with Gasteiger partial charge in [-0.1, -0.05) is 0 Å². The maximum Gasteiger partial charge on any atom is 0.288 e. The van der Waals surface area contributed by atoms with Crippen LogP contribution < -0.4 is 10.6 Å². The molecule has 0 aliphatic carbocycles. The summed E-state index contributed by atoms with van der Waals surface area (Å²) in [6.07, 6.45) is 5.40. The van der Waals surface area contributed by atoms with Crippen LogP contribution in [-0.2, 0) is 0 Å². The minimum atomic E-state index is -0.607. The number of amides is 1. The van der Waals surface area contributed by atoms with Crippen LogP contribution in [0.25, 0.3) is 0 Å². The summed E-state index contributed by atoms with van der Waals surface area (Å²) in [5.41, 5.74) is 7.27. The Bertz CT molecular complexity index is 696. The number of aryl methyl sites for hydroxylation is 2. The zero-order valence-electron chi connectivity index (χ0n) is 12.7. The Morgan fingerprint density at radius 2 is 2.18 bits per heavy atom. The number of carbonyl (C=O) groups excluding carboxylic acids is 1. The van der Waals surface area contributed by atoms with E-state index in [0.717, 1.165) is 43.1 Å². The van der Waals surface area contributed by atoms with Crippen molar-refractivity contribution in [3.8, 4) is 0 Å². The minimum Gasteiger partial charge on any atom is -0.363 e. The van der Waals surface area contributed by atoms with Crippen molar-refractivity contribution < 1.29 is 4.79 Å². The number of nitrogens with zero attached hydrogens (tertiary/aromatic N) is 6. The van der Waals surface area contributed by atoms with Crippen molar-refractivity contribution in [1.82, 2.24) is 24.7 Å². The van der Waals surface area contributed by atoms with Gasteiger partial charge in [0.1, 0.15) is 6.33 Å². The summed E-state index contributed by atoms with van der Waals surface area (Å²) in [6.45, 7) is 5.64. The van der Waals surface area contributed by atoms with Gasteiger partial charge >= 0.3 is 0 Å². The molecule has 1 saturated heterocycles. The minimum absolute atomic E-state index is 0.0551. The lowest BCUT2D eigenvalue weighted by atomic mass is 10.1. The standard InChI is InChI=1S/C14H19N7O/c1-9-6-16-14(18-10(9)2)20-5-3-4-11(7-20)21-8-17-13(19-21)12(15)22/h6,8,11H,3-5,7H2,1-2H3,(H2,15,22)/t11-/m0/s1. The van der Waals surface area contributed by atoms with E-state index in [4.69, 9.17) is 5.73 Å². The van der Waals surface area contributed by atoms with Gasteiger partial charge in [0, 0.05) is 25.0 Å². The molecule has 3 heterocycles. The molecule has 1 aliphatic rings. The molecule has 2 aromatic rings. The number of rotatable bonds is 3. The fraction of sp³-hybridized carbons (Fsp3) is 0.500. The molecule has 116 valence electrons. The topological polar surface area (TPSA) is 103 Å². The van der Waals surface area contributed by atoms with Gasteiger partial charge < -0.3 is 10.6 Å². The number of hydrogen-bond acceptors (Lipinski definition) is 6. The van der Waals surface area contributed by atoms with Crippen molar-refractivity contribution in [3.05, 3.63) is 29.6 Å². The lowest BCUT2D eigenvalue weighted by Crippen LogP contribution is -2.38. The Morgan fingerprint density at radius 1 is 1.36 bits per heavy atom. The van der Waals surface area contributed by atoms with Gasteiger partial charge in [-0.3, -0.25) is 4.79 Å². The number of carbonyl (C=O) groups is 1. The zero-order valence-corrected chi connectivity index (χ0v) is 12.7. The second kappa shape index (κ2) is 5.70. The summed E-state index contributed by atoms with van der Waals surface area (Å²) >= 11 is 0. The van der Waals surface area contributed by atoms with Gasteiger partial charge in [-0.2, -0.15) is 0 Å². The van der Waals surface area contributed by atoms with E-state index in [2.05, 4.69) is 25.0 Å². The van der Waals surface area contributed by atoms with Gasteiger partial charge in [-0.25, -0.2) is 19.6 Å². The van der Waals surface area contributed by atoms with E-state index < -0.39 is 5.91 Å². The van der Waals surface area contributed by atoms with E-state index in [1.807, 2.05) is 20.0 Å². The van der Waals surface area contributed by atoms with Crippen LogP contribution in [0, 0.1) is 13.8 Å². The van der Waals surface area contributed by atoms with E-state index in [-0.39, 0.29) is 11.9 Å². The van der Waals surface area contributed by atoms with Gasteiger partial charge in [0.25, 0.3) is 5.91 Å². The fourth-order valence-corrected chi connectivity index (χ4v) is 2.58. The van der Waals surface area contributed by atoms with Crippen LogP contribution in [0.5, 0.6) is 0 Å². The molecular formula is C14H19N7O. The summed E-state index contributed by atoms with van der Waals surface area (Å²) in [4.78, 5) is 26.2. The molecule has 8 nitrogen and oxygen atoms in total. The van der Waals surface area contributed by atoms with Crippen molar-refractivity contribution in [2.45, 2.75) is 32.7 Å². The highest BCUT2D eigenvalue weighted by atomic mass is 16.1. The molecule has 0 bridgehead atoms. The van der Waals surface area contributed by atoms with Crippen LogP contribution in [0.15, 0.2) is 12.5 Å². The van der Waals surface area contributed by atoms with Crippen molar-refractivity contribution >= 4 is 11.9 Å². The number of piperidine rings is 1. The largest absolute Gasteiger partial charge is 0.363 e. The molecule has 1 amide bonds. The predicted molar refractivity (Wildman–Crippen MR) is 80.5 cm³/mol. The Morgan fingerprint density at radius 3 is 2.86 bits per heavy atom. The second-order valence-electron chi connectivity index (χ2n) is 5.59. The first-order valence-electron chi connectivity index (χ1n) is 7.30. The highest BCUT2D eigenvalue weighted by Gasteiger charge is 2.24. The lowest BCUT2D eigenvalue weighted by Gasteiger charge is -2.32. The molecular weight excluding hydrogens is 282 g/mol. The van der Waals surface area contributed by atoms with E-state index in [9.17, 15) is 4.79 Å². The monoisotopic (exact) mass is 301 g/mol. The molecule has 22 heavy (non-hydrogen) atoms. The quantitative estimate of drug-likeness (QED) is 0.891. The summed E-state index contributed by atoms with van der Waals surface area (Å²) in [5, 5.41) is 4.16. The van der Waals surface area contributed by atoms with Gasteiger partial charge in [0.2, 0.25) is 11.8 Å². The number of nitrogens with two attached hydrogens (primary N) is 1. The Hall–Kier alpha value is -2.51. The fourth-order valence-electron chi connectivity index (χ4n) is 2.58. The Balaban J connectivity index is 1.78. The van der Waals surface area contributed by atoms with Crippen LogP contribution in [0.2, 0.25) is 0 Å². The molecule has 0 aromatic carbocycles. The van der Waals surface area contributed by atoms with Gasteiger partial charge in [0.15, 0.2) is 0 Å². The molecule has 0 spiro atoms. The van der Waals surface area contributed by atoms with Crippen molar-refractivity contribution in [2.24, 2.45) is 5.73 Å². The molecule has 2 aromatic heterocycles. The van der Waals surface area contributed by atoms with E-state index in [1.54, 1.807) is 11.0 Å². The number of hydrogen-bond donors (Lipinski definition) is 1. The van der Waals surface area contributed by atoms with Crippen molar-refractivity contribution in [1.29, 1.82) is 0 Å². The molecule has 0 radical (unpaired) electrons. The maximum atomic E-state index is 11.1. The highest BCUT2D eigenvalue weighted by molar-refractivity contribution is 5.88. The number of anilines is 1. The van der Waals surface area contributed by atoms with E-state index in [1.165, 1.54) is 0 Å². The smallest absolute Gasteiger partial charge is 0.288 e. The molecule has 2 N–H and O–H groups in total. The first kappa shape index (κ1) is 14.4. The van der Waals surface area contributed by atoms with Gasteiger partial charge in [-0.15, -0.1) is 5.10 Å². The molecule has 1 atom stereocenters. The van der Waals surface area contributed by atoms with Crippen molar-refractivity contribution in [3.63, 3.8) is 0 Å². The van der Waals surface area contributed by atoms with Crippen LogP contribution >= 0.6 is 0 Å². The third kappa shape index (κ3) is 2.76. The van der Waals surface area contributed by atoms with Crippen LogP contribution in [0.3, 0.4) is 0 Å².